The molecule has 1 atom stereocenters. The van der Waals surface area contributed by atoms with Crippen molar-refractivity contribution in [2.45, 2.75) is 42.7 Å². The van der Waals surface area contributed by atoms with Gasteiger partial charge in [0.15, 0.2) is 0 Å². The van der Waals surface area contributed by atoms with E-state index < -0.39 is 16.1 Å². The molecule has 1 N–H and O–H groups in total. The standard InChI is InChI=1S/C13H16ClN3O3S/c14-10-5-6-15-8-12(10)21(19,20)17-7-1-2-11(17)13(18)16-9-3-4-9/h5-6,8-9,11H,1-4,7H2,(H,16,18). The average Bonchev–Trinajstić information content (AvgIpc) is 3.10. The lowest BCUT2D eigenvalue weighted by atomic mass is 10.2. The number of rotatable bonds is 4. The van der Waals surface area contributed by atoms with Crippen LogP contribution in [0.5, 0.6) is 0 Å². The molecule has 114 valence electrons. The zero-order valence-electron chi connectivity index (χ0n) is 11.3. The van der Waals surface area contributed by atoms with Crippen LogP contribution in [-0.2, 0) is 14.8 Å². The number of halogens is 1. The lowest BCUT2D eigenvalue weighted by molar-refractivity contribution is -0.124. The fraction of sp³-hybridized carbons (Fsp3) is 0.538. The minimum Gasteiger partial charge on any atom is -0.352 e. The summed E-state index contributed by atoms with van der Waals surface area (Å²) in [6.07, 6.45) is 5.81. The molecule has 1 aromatic heterocycles. The van der Waals surface area contributed by atoms with Crippen molar-refractivity contribution in [3.05, 3.63) is 23.5 Å². The summed E-state index contributed by atoms with van der Waals surface area (Å²) in [5.74, 6) is -0.210. The van der Waals surface area contributed by atoms with E-state index in [-0.39, 0.29) is 21.9 Å². The predicted molar refractivity (Wildman–Crippen MR) is 77.3 cm³/mol. The van der Waals surface area contributed by atoms with Gasteiger partial charge < -0.3 is 5.32 Å². The topological polar surface area (TPSA) is 79.4 Å². The molecular weight excluding hydrogens is 314 g/mol. The molecule has 6 nitrogen and oxygen atoms in total. The fourth-order valence-corrected chi connectivity index (χ4v) is 4.56. The molecule has 1 saturated carbocycles. The molecule has 0 bridgehead atoms. The molecule has 1 unspecified atom stereocenters. The Bertz CT molecular complexity index is 660. The molecule has 1 saturated heterocycles. The van der Waals surface area contributed by atoms with Crippen molar-refractivity contribution < 1.29 is 13.2 Å². The van der Waals surface area contributed by atoms with Crippen LogP contribution in [0.4, 0.5) is 0 Å². The molecule has 21 heavy (non-hydrogen) atoms. The maximum absolute atomic E-state index is 12.7. The van der Waals surface area contributed by atoms with Crippen LogP contribution >= 0.6 is 11.6 Å². The Morgan fingerprint density at radius 2 is 2.14 bits per heavy atom. The van der Waals surface area contributed by atoms with E-state index in [0.29, 0.717) is 19.4 Å². The molecular formula is C13H16ClN3O3S. The van der Waals surface area contributed by atoms with Crippen LogP contribution in [0.25, 0.3) is 0 Å². The Hall–Kier alpha value is -1.18. The van der Waals surface area contributed by atoms with E-state index in [2.05, 4.69) is 10.3 Å². The monoisotopic (exact) mass is 329 g/mol. The van der Waals surface area contributed by atoms with Crippen molar-refractivity contribution in [2.75, 3.05) is 6.54 Å². The summed E-state index contributed by atoms with van der Waals surface area (Å²) in [5.41, 5.74) is 0. The smallest absolute Gasteiger partial charge is 0.246 e. The lowest BCUT2D eigenvalue weighted by Crippen LogP contribution is -2.46. The summed E-state index contributed by atoms with van der Waals surface area (Å²) >= 11 is 5.96. The van der Waals surface area contributed by atoms with Gasteiger partial charge in [0.1, 0.15) is 10.9 Å². The molecule has 8 heteroatoms. The van der Waals surface area contributed by atoms with Gasteiger partial charge in [0.2, 0.25) is 15.9 Å². The highest BCUT2D eigenvalue weighted by Gasteiger charge is 2.41. The molecule has 1 aliphatic carbocycles. The van der Waals surface area contributed by atoms with Crippen molar-refractivity contribution >= 4 is 27.5 Å². The van der Waals surface area contributed by atoms with Crippen molar-refractivity contribution in [3.8, 4) is 0 Å². The minimum atomic E-state index is -3.80. The van der Waals surface area contributed by atoms with E-state index in [1.807, 2.05) is 0 Å². The number of carbonyl (C=O) groups excluding carboxylic acids is 1. The lowest BCUT2D eigenvalue weighted by Gasteiger charge is -2.23. The number of aromatic nitrogens is 1. The first-order valence-electron chi connectivity index (χ1n) is 6.92. The zero-order valence-corrected chi connectivity index (χ0v) is 12.9. The van der Waals surface area contributed by atoms with Gasteiger partial charge in [0.05, 0.1) is 5.02 Å². The maximum atomic E-state index is 12.7. The first-order chi connectivity index (χ1) is 10.00. The second-order valence-electron chi connectivity index (χ2n) is 5.36. The molecule has 0 radical (unpaired) electrons. The van der Waals surface area contributed by atoms with E-state index >= 15 is 0 Å². The van der Waals surface area contributed by atoms with Crippen molar-refractivity contribution in [3.63, 3.8) is 0 Å². The predicted octanol–water partition coefficient (Wildman–Crippen LogP) is 1.17. The van der Waals surface area contributed by atoms with E-state index in [1.54, 1.807) is 0 Å². The molecule has 0 spiro atoms. The van der Waals surface area contributed by atoms with E-state index in [0.717, 1.165) is 12.8 Å². The van der Waals surface area contributed by atoms with Gasteiger partial charge in [-0.1, -0.05) is 11.6 Å². The Morgan fingerprint density at radius 1 is 1.38 bits per heavy atom. The molecule has 2 heterocycles. The zero-order chi connectivity index (χ0) is 15.0. The molecule has 2 aliphatic rings. The number of sulfonamides is 1. The molecule has 1 aromatic rings. The van der Waals surface area contributed by atoms with Gasteiger partial charge in [-0.2, -0.15) is 4.31 Å². The highest BCUT2D eigenvalue weighted by molar-refractivity contribution is 7.89. The Morgan fingerprint density at radius 3 is 2.81 bits per heavy atom. The SMILES string of the molecule is O=C(NC1CC1)C1CCCN1S(=O)(=O)c1cnccc1Cl. The van der Waals surface area contributed by atoms with Gasteiger partial charge in [-0.3, -0.25) is 9.78 Å². The second-order valence-corrected chi connectivity index (χ2v) is 7.63. The van der Waals surface area contributed by atoms with Crippen molar-refractivity contribution in [1.29, 1.82) is 0 Å². The van der Waals surface area contributed by atoms with E-state index in [1.165, 1.54) is 22.8 Å². The summed E-state index contributed by atoms with van der Waals surface area (Å²) in [6.45, 7) is 0.330. The summed E-state index contributed by atoms with van der Waals surface area (Å²) in [6, 6.07) is 1.00. The van der Waals surface area contributed by atoms with Crippen LogP contribution < -0.4 is 5.32 Å². The maximum Gasteiger partial charge on any atom is 0.246 e. The van der Waals surface area contributed by atoms with Crippen molar-refractivity contribution in [1.82, 2.24) is 14.6 Å². The van der Waals surface area contributed by atoms with Gasteiger partial charge in [-0.25, -0.2) is 8.42 Å². The van der Waals surface area contributed by atoms with Crippen LogP contribution in [0.3, 0.4) is 0 Å². The second kappa shape index (κ2) is 5.55. The Labute approximate surface area is 128 Å². The molecule has 1 amide bonds. The first-order valence-corrected chi connectivity index (χ1v) is 8.73. The third kappa shape index (κ3) is 2.90. The Kier molecular flexibility index (Phi) is 3.90. The third-order valence-corrected chi connectivity index (χ3v) is 6.13. The Balaban J connectivity index is 1.86. The normalized spacial score (nSPS) is 23.2. The number of carbonyl (C=O) groups is 1. The van der Waals surface area contributed by atoms with Crippen LogP contribution in [0.15, 0.2) is 23.4 Å². The highest BCUT2D eigenvalue weighted by atomic mass is 35.5. The van der Waals surface area contributed by atoms with Crippen LogP contribution in [0, 0.1) is 0 Å². The fourth-order valence-electron chi connectivity index (χ4n) is 2.49. The number of pyridine rings is 1. The number of nitrogens with one attached hydrogen (secondary N) is 1. The summed E-state index contributed by atoms with van der Waals surface area (Å²) in [7, 11) is -3.80. The number of hydrogen-bond acceptors (Lipinski definition) is 4. The van der Waals surface area contributed by atoms with Gasteiger partial charge in [-0.05, 0) is 31.7 Å². The highest BCUT2D eigenvalue weighted by Crippen LogP contribution is 2.30. The van der Waals surface area contributed by atoms with Crippen LogP contribution in [0.1, 0.15) is 25.7 Å². The van der Waals surface area contributed by atoms with Crippen molar-refractivity contribution in [2.24, 2.45) is 0 Å². The van der Waals surface area contributed by atoms with Gasteiger partial charge in [0, 0.05) is 25.0 Å². The summed E-state index contributed by atoms with van der Waals surface area (Å²) in [5, 5.41) is 2.99. The van der Waals surface area contributed by atoms with Crippen LogP contribution in [0.2, 0.25) is 5.02 Å². The van der Waals surface area contributed by atoms with E-state index in [9.17, 15) is 13.2 Å². The largest absolute Gasteiger partial charge is 0.352 e. The third-order valence-electron chi connectivity index (χ3n) is 3.75. The molecule has 3 rings (SSSR count). The van der Waals surface area contributed by atoms with Gasteiger partial charge >= 0.3 is 0 Å². The minimum absolute atomic E-state index is 0.0437. The summed E-state index contributed by atoms with van der Waals surface area (Å²) in [4.78, 5) is 16.0. The molecule has 2 fully saturated rings. The average molecular weight is 330 g/mol. The number of hydrogen-bond donors (Lipinski definition) is 1. The summed E-state index contributed by atoms with van der Waals surface area (Å²) < 4.78 is 26.6. The number of nitrogens with zero attached hydrogens (tertiary/aromatic N) is 2. The number of amides is 1. The molecule has 0 aromatic carbocycles. The van der Waals surface area contributed by atoms with Gasteiger partial charge in [0.25, 0.3) is 0 Å². The first kappa shape index (κ1) is 14.7. The molecule has 1 aliphatic heterocycles. The van der Waals surface area contributed by atoms with Crippen LogP contribution in [-0.4, -0.2) is 42.2 Å². The quantitative estimate of drug-likeness (QED) is 0.899. The van der Waals surface area contributed by atoms with Gasteiger partial charge in [-0.15, -0.1) is 0 Å². The van der Waals surface area contributed by atoms with E-state index in [4.69, 9.17) is 11.6 Å².